The monoisotopic (exact) mass is 526 g/mol. The maximum absolute atomic E-state index is 12.3. The van der Waals surface area contributed by atoms with Gasteiger partial charge in [-0.05, 0) is 55.3 Å². The SMILES string of the molecule is CCOc1cc(/C=N\NC(=O)COc2ccc([C@H]3NC(=O)NC(C)=C3C(=O)OC)cc2OC)ccc1OC. The minimum atomic E-state index is -0.766. The fourth-order valence-corrected chi connectivity index (χ4v) is 3.70. The average Bonchev–Trinajstić information content (AvgIpc) is 2.91. The molecule has 202 valence electrons. The van der Waals surface area contributed by atoms with Gasteiger partial charge in [-0.3, -0.25) is 4.79 Å². The number of methoxy groups -OCH3 is 3. The van der Waals surface area contributed by atoms with Gasteiger partial charge in [-0.25, -0.2) is 15.0 Å². The van der Waals surface area contributed by atoms with E-state index >= 15 is 0 Å². The van der Waals surface area contributed by atoms with E-state index in [1.807, 2.05) is 6.92 Å². The molecule has 1 aliphatic heterocycles. The zero-order chi connectivity index (χ0) is 27.7. The number of nitrogens with zero attached hydrogens (tertiary/aromatic N) is 1. The van der Waals surface area contributed by atoms with Crippen molar-refractivity contribution in [2.75, 3.05) is 34.5 Å². The summed E-state index contributed by atoms with van der Waals surface area (Å²) in [4.78, 5) is 36.6. The van der Waals surface area contributed by atoms with Crippen molar-refractivity contribution in [3.63, 3.8) is 0 Å². The van der Waals surface area contributed by atoms with Crippen molar-refractivity contribution in [3.05, 3.63) is 58.8 Å². The first-order chi connectivity index (χ1) is 18.3. The highest BCUT2D eigenvalue weighted by Gasteiger charge is 2.32. The number of nitrogens with one attached hydrogen (secondary N) is 3. The molecule has 0 unspecified atom stereocenters. The second-order valence-corrected chi connectivity index (χ2v) is 7.90. The lowest BCUT2D eigenvalue weighted by molar-refractivity contribution is -0.136. The zero-order valence-corrected chi connectivity index (χ0v) is 21.7. The molecule has 3 rings (SSSR count). The van der Waals surface area contributed by atoms with E-state index in [0.29, 0.717) is 40.7 Å². The molecule has 12 heteroatoms. The molecular formula is C26H30N4O8. The van der Waals surface area contributed by atoms with Gasteiger partial charge < -0.3 is 34.3 Å². The Bertz CT molecular complexity index is 1260. The molecule has 0 saturated heterocycles. The molecule has 0 radical (unpaired) electrons. The van der Waals surface area contributed by atoms with Crippen molar-refractivity contribution in [3.8, 4) is 23.0 Å². The van der Waals surface area contributed by atoms with Crippen LogP contribution in [0.3, 0.4) is 0 Å². The summed E-state index contributed by atoms with van der Waals surface area (Å²) in [5, 5.41) is 9.21. The van der Waals surface area contributed by atoms with Gasteiger partial charge >= 0.3 is 12.0 Å². The molecule has 38 heavy (non-hydrogen) atoms. The summed E-state index contributed by atoms with van der Waals surface area (Å²) in [5.74, 6) is 0.667. The Labute approximate surface area is 219 Å². The van der Waals surface area contributed by atoms with E-state index in [1.165, 1.54) is 20.4 Å². The van der Waals surface area contributed by atoms with Gasteiger partial charge in [0.15, 0.2) is 29.6 Å². The van der Waals surface area contributed by atoms with Crippen LogP contribution < -0.4 is 35.0 Å². The molecule has 3 amide bonds. The summed E-state index contributed by atoms with van der Waals surface area (Å²) in [6.45, 7) is 3.62. The number of esters is 1. The summed E-state index contributed by atoms with van der Waals surface area (Å²) < 4.78 is 26.7. The molecule has 0 aromatic heterocycles. The van der Waals surface area contributed by atoms with Crippen LogP contribution in [0, 0.1) is 0 Å². The Morgan fingerprint density at radius 2 is 1.74 bits per heavy atom. The van der Waals surface area contributed by atoms with E-state index in [0.717, 1.165) is 0 Å². The van der Waals surface area contributed by atoms with E-state index < -0.39 is 23.9 Å². The Balaban J connectivity index is 1.66. The lowest BCUT2D eigenvalue weighted by atomic mass is 9.95. The van der Waals surface area contributed by atoms with E-state index in [-0.39, 0.29) is 17.9 Å². The van der Waals surface area contributed by atoms with Crippen molar-refractivity contribution < 1.29 is 38.1 Å². The molecule has 1 atom stereocenters. The number of benzene rings is 2. The zero-order valence-electron chi connectivity index (χ0n) is 21.7. The highest BCUT2D eigenvalue weighted by Crippen LogP contribution is 2.34. The topological polar surface area (TPSA) is 146 Å². The minimum absolute atomic E-state index is 0.255. The number of hydrogen-bond donors (Lipinski definition) is 3. The van der Waals surface area contributed by atoms with Crippen molar-refractivity contribution in [1.82, 2.24) is 16.1 Å². The van der Waals surface area contributed by atoms with Crippen molar-refractivity contribution >= 4 is 24.1 Å². The summed E-state index contributed by atoms with van der Waals surface area (Å²) >= 11 is 0. The molecule has 3 N–H and O–H groups in total. The number of urea groups is 1. The van der Waals surface area contributed by atoms with Crippen molar-refractivity contribution in [2.45, 2.75) is 19.9 Å². The van der Waals surface area contributed by atoms with Crippen LogP contribution in [0.4, 0.5) is 4.79 Å². The second-order valence-electron chi connectivity index (χ2n) is 7.90. The third-order valence-electron chi connectivity index (χ3n) is 5.44. The summed E-state index contributed by atoms with van der Waals surface area (Å²) in [7, 11) is 4.25. The summed E-state index contributed by atoms with van der Waals surface area (Å²) in [6, 6.07) is 8.88. The van der Waals surface area contributed by atoms with Gasteiger partial charge in [-0.2, -0.15) is 5.10 Å². The van der Waals surface area contributed by atoms with Gasteiger partial charge in [-0.1, -0.05) is 6.07 Å². The number of hydrogen-bond acceptors (Lipinski definition) is 9. The lowest BCUT2D eigenvalue weighted by Gasteiger charge is -2.28. The highest BCUT2D eigenvalue weighted by atomic mass is 16.5. The third-order valence-corrected chi connectivity index (χ3v) is 5.44. The van der Waals surface area contributed by atoms with Crippen LogP contribution in [0.25, 0.3) is 0 Å². The highest BCUT2D eigenvalue weighted by molar-refractivity contribution is 5.95. The molecule has 0 aliphatic carbocycles. The first-order valence-corrected chi connectivity index (χ1v) is 11.6. The van der Waals surface area contributed by atoms with Crippen molar-refractivity contribution in [2.24, 2.45) is 5.10 Å². The van der Waals surface area contributed by atoms with E-state index in [1.54, 1.807) is 50.4 Å². The molecule has 12 nitrogen and oxygen atoms in total. The summed E-state index contributed by atoms with van der Waals surface area (Å²) in [5.41, 5.74) is 4.29. The quantitative estimate of drug-likeness (QED) is 0.230. The Kier molecular flexibility index (Phi) is 9.52. The number of allylic oxidation sites excluding steroid dienone is 1. The number of hydrazone groups is 1. The maximum atomic E-state index is 12.3. The van der Waals surface area contributed by atoms with Crippen LogP contribution in [0.15, 0.2) is 52.8 Å². The molecule has 0 spiro atoms. The van der Waals surface area contributed by atoms with E-state index in [4.69, 9.17) is 23.7 Å². The van der Waals surface area contributed by atoms with Gasteiger partial charge in [0.1, 0.15) is 0 Å². The number of amides is 3. The number of ether oxygens (including phenoxy) is 5. The number of carbonyl (C=O) groups excluding carboxylic acids is 3. The average molecular weight is 527 g/mol. The van der Waals surface area contributed by atoms with E-state index in [9.17, 15) is 14.4 Å². The largest absolute Gasteiger partial charge is 0.493 e. The van der Waals surface area contributed by atoms with Gasteiger partial charge in [-0.15, -0.1) is 0 Å². The fourth-order valence-electron chi connectivity index (χ4n) is 3.70. The predicted octanol–water partition coefficient (Wildman–Crippen LogP) is 2.43. The second kappa shape index (κ2) is 13.0. The molecular weight excluding hydrogens is 496 g/mol. The molecule has 1 aliphatic rings. The molecule has 0 saturated carbocycles. The van der Waals surface area contributed by atoms with Crippen molar-refractivity contribution in [1.29, 1.82) is 0 Å². The lowest BCUT2D eigenvalue weighted by Crippen LogP contribution is -2.45. The van der Waals surface area contributed by atoms with Crippen LogP contribution in [-0.4, -0.2) is 58.7 Å². The predicted molar refractivity (Wildman–Crippen MR) is 138 cm³/mol. The van der Waals surface area contributed by atoms with Gasteiger partial charge in [0, 0.05) is 5.70 Å². The third kappa shape index (κ3) is 6.72. The molecule has 0 fully saturated rings. The van der Waals surface area contributed by atoms with Crippen LogP contribution >= 0.6 is 0 Å². The van der Waals surface area contributed by atoms with Crippen LogP contribution in [0.2, 0.25) is 0 Å². The fraction of sp³-hybridized carbons (Fsp3) is 0.308. The molecule has 2 aromatic rings. The molecule has 1 heterocycles. The van der Waals surface area contributed by atoms with Gasteiger partial charge in [0.2, 0.25) is 0 Å². The summed E-state index contributed by atoms with van der Waals surface area (Å²) in [6.07, 6.45) is 1.47. The smallest absolute Gasteiger partial charge is 0.337 e. The number of carbonyl (C=O) groups is 3. The first kappa shape index (κ1) is 27.8. The Morgan fingerprint density at radius 3 is 2.42 bits per heavy atom. The van der Waals surface area contributed by atoms with E-state index in [2.05, 4.69) is 21.2 Å². The maximum Gasteiger partial charge on any atom is 0.337 e. The van der Waals surface area contributed by atoms with Crippen LogP contribution in [0.5, 0.6) is 23.0 Å². The van der Waals surface area contributed by atoms with Crippen LogP contribution in [-0.2, 0) is 14.3 Å². The van der Waals surface area contributed by atoms with Gasteiger partial charge in [0.25, 0.3) is 5.91 Å². The Hall–Kier alpha value is -4.74. The number of rotatable bonds is 11. The minimum Gasteiger partial charge on any atom is -0.493 e. The Morgan fingerprint density at radius 1 is 1.00 bits per heavy atom. The van der Waals surface area contributed by atoms with Gasteiger partial charge in [0.05, 0.1) is 45.8 Å². The van der Waals surface area contributed by atoms with Crippen LogP contribution in [0.1, 0.15) is 31.0 Å². The molecule has 2 aromatic carbocycles. The standard InChI is InChI=1S/C26H30N4O8/c1-6-37-21-11-16(7-9-18(21)34-3)13-27-30-22(31)14-38-19-10-8-17(12-20(19)35-4)24-23(25(32)36-5)15(2)28-26(33)29-24/h7-13,24H,6,14H2,1-5H3,(H,30,31)(H2,28,29,33)/b27-13-/t24-/m1/s1. The molecule has 0 bridgehead atoms. The normalized spacial score (nSPS) is 14.9. The first-order valence-electron chi connectivity index (χ1n) is 11.6.